The van der Waals surface area contributed by atoms with Gasteiger partial charge in [-0.3, -0.25) is 14.9 Å². The Morgan fingerprint density at radius 3 is 1.69 bits per heavy atom. The minimum atomic E-state index is -4.08. The van der Waals surface area contributed by atoms with Crippen molar-refractivity contribution < 1.29 is 26.4 Å². The van der Waals surface area contributed by atoms with Crippen LogP contribution in [0.5, 0.6) is 11.5 Å². The largest absolute Gasteiger partial charge is 0.457 e. The van der Waals surface area contributed by atoms with Crippen LogP contribution in [0.2, 0.25) is 0 Å². The van der Waals surface area contributed by atoms with Crippen LogP contribution in [-0.2, 0) is 20.0 Å². The van der Waals surface area contributed by atoms with Crippen molar-refractivity contribution in [2.24, 2.45) is 0 Å². The molecule has 36 heavy (non-hydrogen) atoms. The van der Waals surface area contributed by atoms with Crippen molar-refractivity contribution in [1.29, 1.82) is 0 Å². The number of anilines is 1. The van der Waals surface area contributed by atoms with Crippen LogP contribution in [0.1, 0.15) is 10.4 Å². The van der Waals surface area contributed by atoms with Crippen molar-refractivity contribution in [2.75, 3.05) is 4.72 Å². The van der Waals surface area contributed by atoms with E-state index in [9.17, 15) is 21.6 Å². The Bertz CT molecular complexity index is 1540. The summed E-state index contributed by atoms with van der Waals surface area (Å²) in [6.45, 7) is 0. The fraction of sp³-hybridized carbons (Fsp3) is 0. The van der Waals surface area contributed by atoms with Gasteiger partial charge in [0.05, 0.1) is 9.79 Å². The molecular weight excluding hydrogens is 502 g/mol. The van der Waals surface area contributed by atoms with Gasteiger partial charge in [-0.2, -0.15) is 0 Å². The first-order chi connectivity index (χ1) is 17.2. The number of amides is 1. The molecule has 0 aliphatic heterocycles. The zero-order chi connectivity index (χ0) is 25.6. The maximum absolute atomic E-state index is 12.7. The van der Waals surface area contributed by atoms with Gasteiger partial charge < -0.3 is 4.74 Å². The van der Waals surface area contributed by atoms with Gasteiger partial charge >= 0.3 is 0 Å². The lowest BCUT2D eigenvalue weighted by molar-refractivity contribution is 0.0945. The highest BCUT2D eigenvalue weighted by Crippen LogP contribution is 2.24. The Labute approximate surface area is 208 Å². The zero-order valence-electron chi connectivity index (χ0n) is 18.7. The zero-order valence-corrected chi connectivity index (χ0v) is 20.3. The van der Waals surface area contributed by atoms with Crippen LogP contribution in [0.3, 0.4) is 0 Å². The van der Waals surface area contributed by atoms with Crippen molar-refractivity contribution in [3.63, 3.8) is 0 Å². The quantitative estimate of drug-likeness (QED) is 0.285. The fourth-order valence-electron chi connectivity index (χ4n) is 3.06. The maximum Gasteiger partial charge on any atom is 0.266 e. The number of carbonyl (C=O) groups is 1. The third-order valence-electron chi connectivity index (χ3n) is 4.86. The second kappa shape index (κ2) is 10.6. The Morgan fingerprint density at radius 2 is 1.08 bits per heavy atom. The van der Waals surface area contributed by atoms with E-state index >= 15 is 0 Å². The molecule has 4 rings (SSSR count). The number of benzene rings is 4. The van der Waals surface area contributed by atoms with Gasteiger partial charge in [-0.05, 0) is 72.8 Å². The molecule has 9 nitrogen and oxygen atoms in total. The minimum Gasteiger partial charge on any atom is -0.457 e. The molecule has 0 aliphatic carbocycles. The van der Waals surface area contributed by atoms with Crippen LogP contribution in [0.25, 0.3) is 0 Å². The van der Waals surface area contributed by atoms with Gasteiger partial charge in [0.1, 0.15) is 11.5 Å². The summed E-state index contributed by atoms with van der Waals surface area (Å²) in [5.74, 6) is 0.473. The van der Waals surface area contributed by atoms with Crippen LogP contribution in [0.4, 0.5) is 5.69 Å². The second-order valence-electron chi connectivity index (χ2n) is 7.44. The van der Waals surface area contributed by atoms with E-state index in [1.165, 1.54) is 60.7 Å². The molecule has 184 valence electrons. The molecule has 0 radical (unpaired) electrons. The first-order valence-electron chi connectivity index (χ1n) is 10.6. The number of hydrogen-bond donors (Lipinski definition) is 3. The molecule has 0 unspecified atom stereocenters. The number of hydrazine groups is 1. The Hall–Kier alpha value is -4.19. The smallest absolute Gasteiger partial charge is 0.266 e. The molecule has 4 aromatic rings. The fourth-order valence-corrected chi connectivity index (χ4v) is 4.96. The number of nitrogens with one attached hydrogen (secondary N) is 3. The SMILES string of the molecule is O=C(NNS(=O)(=O)c1ccc(NS(=O)(=O)c2ccc(Oc3ccccc3)cc2)cc1)c1ccccc1. The lowest BCUT2D eigenvalue weighted by Gasteiger charge is -2.11. The summed E-state index contributed by atoms with van der Waals surface area (Å²) >= 11 is 0. The standard InChI is InChI=1S/C25H21N3O6S2/c29-25(19-7-3-1-4-8-19)26-28-36(32,33)24-15-11-20(12-16-24)27-35(30,31)23-17-13-22(14-18-23)34-21-9-5-2-6-10-21/h1-18,27-28H,(H,26,29). The molecule has 0 spiro atoms. The van der Waals surface area contributed by atoms with Gasteiger partial charge in [-0.1, -0.05) is 36.4 Å². The van der Waals surface area contributed by atoms with Gasteiger partial charge in [-0.15, -0.1) is 4.83 Å². The van der Waals surface area contributed by atoms with Crippen LogP contribution in [0, 0.1) is 0 Å². The molecule has 0 aromatic heterocycles. The van der Waals surface area contributed by atoms with E-state index in [0.717, 1.165) is 0 Å². The van der Waals surface area contributed by atoms with Crippen LogP contribution < -0.4 is 19.7 Å². The number of rotatable bonds is 9. The highest BCUT2D eigenvalue weighted by molar-refractivity contribution is 7.92. The normalized spacial score (nSPS) is 11.4. The number of sulfonamides is 2. The number of carbonyl (C=O) groups excluding carboxylic acids is 1. The lowest BCUT2D eigenvalue weighted by atomic mass is 10.2. The Kier molecular flexibility index (Phi) is 7.34. The van der Waals surface area contributed by atoms with Crippen molar-refractivity contribution in [3.05, 3.63) is 115 Å². The van der Waals surface area contributed by atoms with Gasteiger partial charge in [-0.25, -0.2) is 16.8 Å². The molecule has 11 heteroatoms. The summed E-state index contributed by atoms with van der Waals surface area (Å²) in [7, 11) is -8.01. The molecule has 3 N–H and O–H groups in total. The Balaban J connectivity index is 1.39. The summed E-state index contributed by atoms with van der Waals surface area (Å²) in [6.07, 6.45) is 0. The van der Waals surface area contributed by atoms with E-state index < -0.39 is 26.0 Å². The van der Waals surface area contributed by atoms with Gasteiger partial charge in [0, 0.05) is 11.3 Å². The third kappa shape index (κ3) is 6.27. The van der Waals surface area contributed by atoms with Gasteiger partial charge in [0.15, 0.2) is 0 Å². The van der Waals surface area contributed by atoms with E-state index in [1.54, 1.807) is 30.3 Å². The predicted octanol–water partition coefficient (Wildman–Crippen LogP) is 3.90. The van der Waals surface area contributed by atoms with E-state index in [0.29, 0.717) is 11.5 Å². The molecule has 0 saturated heterocycles. The Morgan fingerprint density at radius 1 is 0.583 bits per heavy atom. The average molecular weight is 524 g/mol. The summed E-state index contributed by atoms with van der Waals surface area (Å²) < 4.78 is 58.5. The van der Waals surface area contributed by atoms with Gasteiger partial charge in [0.25, 0.3) is 26.0 Å². The maximum atomic E-state index is 12.7. The highest BCUT2D eigenvalue weighted by Gasteiger charge is 2.18. The minimum absolute atomic E-state index is 0.00454. The topological polar surface area (TPSA) is 131 Å². The molecule has 0 aliphatic rings. The second-order valence-corrected chi connectivity index (χ2v) is 10.8. The summed E-state index contributed by atoms with van der Waals surface area (Å²) in [4.78, 5) is 13.9. The molecule has 1 amide bonds. The number of para-hydroxylation sites is 1. The van der Waals surface area contributed by atoms with Crippen molar-refractivity contribution in [2.45, 2.75) is 9.79 Å². The lowest BCUT2D eigenvalue weighted by Crippen LogP contribution is -2.41. The van der Waals surface area contributed by atoms with E-state index in [1.807, 2.05) is 23.0 Å². The van der Waals surface area contributed by atoms with Crippen LogP contribution in [-0.4, -0.2) is 22.7 Å². The molecule has 0 bridgehead atoms. The van der Waals surface area contributed by atoms with Crippen LogP contribution in [0.15, 0.2) is 119 Å². The third-order valence-corrected chi connectivity index (χ3v) is 7.53. The molecule has 0 fully saturated rings. The first-order valence-corrected chi connectivity index (χ1v) is 13.5. The first kappa shape index (κ1) is 24.9. The van der Waals surface area contributed by atoms with Gasteiger partial charge in [0.2, 0.25) is 0 Å². The predicted molar refractivity (Wildman–Crippen MR) is 134 cm³/mol. The number of hydrogen-bond acceptors (Lipinski definition) is 6. The molecule has 0 saturated carbocycles. The van der Waals surface area contributed by atoms with E-state index in [-0.39, 0.29) is 21.0 Å². The van der Waals surface area contributed by atoms with Crippen molar-refractivity contribution in [3.8, 4) is 11.5 Å². The summed E-state index contributed by atoms with van der Waals surface area (Å²) in [6, 6.07) is 28.1. The monoisotopic (exact) mass is 523 g/mol. The highest BCUT2D eigenvalue weighted by atomic mass is 32.2. The molecule has 4 aromatic carbocycles. The molecule has 0 atom stereocenters. The van der Waals surface area contributed by atoms with Crippen molar-refractivity contribution in [1.82, 2.24) is 10.3 Å². The van der Waals surface area contributed by atoms with Crippen molar-refractivity contribution >= 4 is 31.6 Å². The van der Waals surface area contributed by atoms with Crippen LogP contribution >= 0.6 is 0 Å². The average Bonchev–Trinajstić information content (AvgIpc) is 2.89. The molecular formula is C25H21N3O6S2. The summed E-state index contributed by atoms with van der Waals surface area (Å²) in [5.41, 5.74) is 2.57. The van der Waals surface area contributed by atoms with E-state index in [2.05, 4.69) is 10.1 Å². The molecule has 0 heterocycles. The summed E-state index contributed by atoms with van der Waals surface area (Å²) in [5, 5.41) is 0. The van der Waals surface area contributed by atoms with E-state index in [4.69, 9.17) is 4.74 Å². The number of ether oxygens (including phenoxy) is 1.